The minimum absolute atomic E-state index is 0.300. The molecule has 0 aromatic heterocycles. The molecule has 0 aliphatic carbocycles. The van der Waals surface area contributed by atoms with Crippen LogP contribution in [0.1, 0.15) is 17.5 Å². The predicted octanol–water partition coefficient (Wildman–Crippen LogP) is 3.08. The third-order valence-corrected chi connectivity index (χ3v) is 6.00. The molecular formula is C20H23N3O2S. The Labute approximate surface area is 158 Å². The molecule has 2 heterocycles. The van der Waals surface area contributed by atoms with Crippen LogP contribution in [0.5, 0.6) is 5.75 Å². The molecule has 1 fully saturated rings. The van der Waals surface area contributed by atoms with Crippen LogP contribution in [0.25, 0.3) is 0 Å². The maximum absolute atomic E-state index is 11.0. The van der Waals surface area contributed by atoms with E-state index in [-0.39, 0.29) is 0 Å². The van der Waals surface area contributed by atoms with Crippen LogP contribution in [0.3, 0.4) is 0 Å². The lowest BCUT2D eigenvalue weighted by atomic mass is 10.1. The Morgan fingerprint density at radius 2 is 1.73 bits per heavy atom. The molecule has 2 aliphatic heterocycles. The zero-order chi connectivity index (χ0) is 17.9. The molecule has 26 heavy (non-hydrogen) atoms. The fraction of sp³-hybridized carbons (Fsp3) is 0.350. The highest BCUT2D eigenvalue weighted by molar-refractivity contribution is 7.97. The number of hydrogen-bond acceptors (Lipinski definition) is 5. The average molecular weight is 369 g/mol. The number of amides is 1. The highest BCUT2D eigenvalue weighted by atomic mass is 32.2. The van der Waals surface area contributed by atoms with Gasteiger partial charge in [0.15, 0.2) is 0 Å². The zero-order valence-electron chi connectivity index (χ0n) is 14.7. The first-order chi connectivity index (χ1) is 12.7. The van der Waals surface area contributed by atoms with Gasteiger partial charge < -0.3 is 14.9 Å². The smallest absolute Gasteiger partial charge is 0.209 e. The third kappa shape index (κ3) is 3.81. The van der Waals surface area contributed by atoms with Gasteiger partial charge in [0.2, 0.25) is 6.41 Å². The van der Waals surface area contributed by atoms with E-state index < -0.39 is 0 Å². The fourth-order valence-corrected chi connectivity index (χ4v) is 4.53. The minimum Gasteiger partial charge on any atom is -0.508 e. The van der Waals surface area contributed by atoms with Crippen LogP contribution in [-0.4, -0.2) is 46.9 Å². The number of phenolic OH excluding ortho intramolecular Hbond substituents is 1. The summed E-state index contributed by atoms with van der Waals surface area (Å²) in [6.07, 6.45) is 1.98. The summed E-state index contributed by atoms with van der Waals surface area (Å²) in [6.45, 7) is 5.38. The van der Waals surface area contributed by atoms with Crippen molar-refractivity contribution in [3.63, 3.8) is 0 Å². The average Bonchev–Trinajstić information content (AvgIpc) is 2.89. The SMILES string of the molecule is O=CN1CCCN(c2ccc3c(c2)CN(Sc2ccc(O)cc2)C3)CC1. The topological polar surface area (TPSA) is 47.0 Å². The van der Waals surface area contributed by atoms with Crippen molar-refractivity contribution in [1.82, 2.24) is 9.21 Å². The molecule has 1 amide bonds. The van der Waals surface area contributed by atoms with E-state index in [0.29, 0.717) is 5.75 Å². The van der Waals surface area contributed by atoms with Gasteiger partial charge in [-0.3, -0.25) is 4.79 Å². The van der Waals surface area contributed by atoms with E-state index in [9.17, 15) is 9.90 Å². The van der Waals surface area contributed by atoms with Crippen molar-refractivity contribution >= 4 is 24.0 Å². The van der Waals surface area contributed by atoms with Crippen LogP contribution in [0.15, 0.2) is 47.4 Å². The van der Waals surface area contributed by atoms with Crippen LogP contribution in [-0.2, 0) is 17.9 Å². The molecule has 2 aromatic carbocycles. The highest BCUT2D eigenvalue weighted by Gasteiger charge is 2.22. The first kappa shape index (κ1) is 17.2. The monoisotopic (exact) mass is 369 g/mol. The van der Waals surface area contributed by atoms with Gasteiger partial charge in [-0.1, -0.05) is 6.07 Å². The summed E-state index contributed by atoms with van der Waals surface area (Å²) < 4.78 is 2.34. The van der Waals surface area contributed by atoms with Gasteiger partial charge >= 0.3 is 0 Å². The first-order valence-electron chi connectivity index (χ1n) is 8.99. The van der Waals surface area contributed by atoms with Gasteiger partial charge in [-0.05, 0) is 65.9 Å². The third-order valence-electron chi connectivity index (χ3n) is 5.00. The van der Waals surface area contributed by atoms with Crippen molar-refractivity contribution in [1.29, 1.82) is 0 Å². The van der Waals surface area contributed by atoms with Crippen LogP contribution in [0, 0.1) is 0 Å². The molecule has 0 spiro atoms. The number of fused-ring (bicyclic) bond motifs is 1. The Morgan fingerprint density at radius 3 is 2.54 bits per heavy atom. The number of nitrogens with zero attached hydrogens (tertiary/aromatic N) is 3. The summed E-state index contributed by atoms with van der Waals surface area (Å²) in [5, 5.41) is 9.42. The van der Waals surface area contributed by atoms with Gasteiger partial charge in [-0.15, -0.1) is 0 Å². The second kappa shape index (κ2) is 7.60. The molecule has 2 aliphatic rings. The molecule has 0 radical (unpaired) electrons. The Bertz CT molecular complexity index is 781. The van der Waals surface area contributed by atoms with Crippen molar-refractivity contribution in [2.45, 2.75) is 24.4 Å². The quantitative estimate of drug-likeness (QED) is 0.663. The van der Waals surface area contributed by atoms with E-state index >= 15 is 0 Å². The van der Waals surface area contributed by atoms with Gasteiger partial charge in [0.1, 0.15) is 5.75 Å². The molecule has 0 unspecified atom stereocenters. The molecule has 1 saturated heterocycles. The molecular weight excluding hydrogens is 346 g/mol. The molecule has 6 heteroatoms. The second-order valence-electron chi connectivity index (χ2n) is 6.82. The maximum Gasteiger partial charge on any atom is 0.209 e. The van der Waals surface area contributed by atoms with Gasteiger partial charge in [0.25, 0.3) is 0 Å². The van der Waals surface area contributed by atoms with Crippen molar-refractivity contribution < 1.29 is 9.90 Å². The fourth-order valence-electron chi connectivity index (χ4n) is 3.57. The number of benzene rings is 2. The van der Waals surface area contributed by atoms with Crippen LogP contribution < -0.4 is 4.90 Å². The largest absolute Gasteiger partial charge is 0.508 e. The van der Waals surface area contributed by atoms with E-state index in [1.54, 1.807) is 24.1 Å². The predicted molar refractivity (Wildman–Crippen MR) is 104 cm³/mol. The van der Waals surface area contributed by atoms with Crippen molar-refractivity contribution in [3.05, 3.63) is 53.6 Å². The van der Waals surface area contributed by atoms with E-state index in [2.05, 4.69) is 27.4 Å². The van der Waals surface area contributed by atoms with Crippen molar-refractivity contribution in [3.8, 4) is 5.75 Å². The molecule has 1 N–H and O–H groups in total. The Balaban J connectivity index is 1.43. The molecule has 136 valence electrons. The summed E-state index contributed by atoms with van der Waals surface area (Å²) >= 11 is 1.73. The number of anilines is 1. The number of carbonyl (C=O) groups is 1. The molecule has 0 atom stereocenters. The zero-order valence-corrected chi connectivity index (χ0v) is 15.5. The molecule has 0 bridgehead atoms. The lowest BCUT2D eigenvalue weighted by Gasteiger charge is -2.23. The van der Waals surface area contributed by atoms with Crippen LogP contribution in [0.2, 0.25) is 0 Å². The van der Waals surface area contributed by atoms with Gasteiger partial charge in [-0.2, -0.15) is 0 Å². The van der Waals surface area contributed by atoms with Gasteiger partial charge in [-0.25, -0.2) is 4.31 Å². The van der Waals surface area contributed by atoms with Crippen LogP contribution >= 0.6 is 11.9 Å². The van der Waals surface area contributed by atoms with Gasteiger partial charge in [0.05, 0.1) is 0 Å². The number of rotatable bonds is 4. The molecule has 4 rings (SSSR count). The molecule has 5 nitrogen and oxygen atoms in total. The number of aromatic hydroxyl groups is 1. The van der Waals surface area contributed by atoms with Crippen LogP contribution in [0.4, 0.5) is 5.69 Å². The first-order valence-corrected chi connectivity index (χ1v) is 9.77. The lowest BCUT2D eigenvalue weighted by molar-refractivity contribution is -0.117. The molecule has 0 saturated carbocycles. The van der Waals surface area contributed by atoms with E-state index in [1.807, 2.05) is 17.0 Å². The lowest BCUT2D eigenvalue weighted by Crippen LogP contribution is -2.29. The Morgan fingerprint density at radius 1 is 0.923 bits per heavy atom. The highest BCUT2D eigenvalue weighted by Crippen LogP contribution is 2.35. The van der Waals surface area contributed by atoms with E-state index in [1.165, 1.54) is 16.8 Å². The van der Waals surface area contributed by atoms with Gasteiger partial charge in [0, 0.05) is 49.9 Å². The number of phenols is 1. The summed E-state index contributed by atoms with van der Waals surface area (Å²) in [5.74, 6) is 0.300. The van der Waals surface area contributed by atoms with Crippen molar-refractivity contribution in [2.75, 3.05) is 31.1 Å². The van der Waals surface area contributed by atoms with E-state index in [4.69, 9.17) is 0 Å². The normalized spacial score (nSPS) is 17.8. The Hall–Kier alpha value is -2.18. The summed E-state index contributed by atoms with van der Waals surface area (Å²) in [7, 11) is 0. The summed E-state index contributed by atoms with van der Waals surface area (Å²) in [6, 6.07) is 14.1. The number of carbonyl (C=O) groups excluding carboxylic acids is 1. The second-order valence-corrected chi connectivity index (χ2v) is 7.99. The maximum atomic E-state index is 11.0. The summed E-state index contributed by atoms with van der Waals surface area (Å²) in [5.41, 5.74) is 4.02. The number of hydrogen-bond donors (Lipinski definition) is 1. The molecule has 2 aromatic rings. The standard InChI is InChI=1S/C20H23N3O2S/c24-15-21-8-1-9-22(11-10-21)18-3-2-16-13-23(14-17(16)12-18)26-20-6-4-19(25)5-7-20/h2-7,12,15,25H,1,8-11,13-14H2. The van der Waals surface area contributed by atoms with E-state index in [0.717, 1.165) is 57.0 Å². The summed E-state index contributed by atoms with van der Waals surface area (Å²) in [4.78, 5) is 16.4. The van der Waals surface area contributed by atoms with Crippen molar-refractivity contribution in [2.24, 2.45) is 0 Å². The minimum atomic E-state index is 0.300. The Kier molecular flexibility index (Phi) is 5.04.